The van der Waals surface area contributed by atoms with Crippen LogP contribution in [0.15, 0.2) is 28.3 Å². The first kappa shape index (κ1) is 26.8. The van der Waals surface area contributed by atoms with Crippen molar-refractivity contribution in [2.45, 2.75) is 91.3 Å². The molecular formula is C27H39N7O3. The molecule has 2 N–H and O–H groups in total. The molecule has 200 valence electrons. The van der Waals surface area contributed by atoms with Crippen LogP contribution in [0.25, 0.3) is 0 Å². The Morgan fingerprint density at radius 1 is 1.11 bits per heavy atom. The van der Waals surface area contributed by atoms with Crippen LogP contribution in [-0.2, 0) is 24.2 Å². The summed E-state index contributed by atoms with van der Waals surface area (Å²) in [5.74, 6) is 1.86. The number of unbranched alkanes of at least 4 members (excludes halogenated alkanes) is 2. The highest BCUT2D eigenvalue weighted by atomic mass is 16.5. The number of ether oxygens (including phenoxy) is 1. The molecule has 1 amide bonds. The number of benzene rings is 1. The van der Waals surface area contributed by atoms with Crippen molar-refractivity contribution in [3.63, 3.8) is 0 Å². The van der Waals surface area contributed by atoms with Crippen LogP contribution in [0.2, 0.25) is 0 Å². The first-order chi connectivity index (χ1) is 18.0. The number of fused-ring (bicyclic) bond motifs is 1. The van der Waals surface area contributed by atoms with Crippen molar-refractivity contribution in [1.82, 2.24) is 25.3 Å². The maximum atomic E-state index is 13.1. The first-order valence-corrected chi connectivity index (χ1v) is 13.5. The number of hydrazone groups is 1. The van der Waals surface area contributed by atoms with E-state index in [1.807, 2.05) is 36.7 Å². The second-order valence-electron chi connectivity index (χ2n) is 9.60. The van der Waals surface area contributed by atoms with Gasteiger partial charge in [0.2, 0.25) is 0 Å². The second-order valence-corrected chi connectivity index (χ2v) is 9.60. The molecule has 0 bridgehead atoms. The molecule has 2 atom stereocenters. The number of nitrogens with zero attached hydrogens (tertiary/aromatic N) is 6. The van der Waals surface area contributed by atoms with E-state index in [0.29, 0.717) is 31.2 Å². The Bertz CT molecular complexity index is 1160. The highest BCUT2D eigenvalue weighted by Gasteiger charge is 2.42. The van der Waals surface area contributed by atoms with Crippen molar-refractivity contribution in [3.8, 4) is 5.75 Å². The van der Waals surface area contributed by atoms with E-state index in [9.17, 15) is 9.90 Å². The number of aliphatic hydroxyl groups is 1. The maximum absolute atomic E-state index is 13.1. The normalized spacial score (nSPS) is 18.9. The Labute approximate surface area is 218 Å². The molecule has 3 heterocycles. The molecule has 2 aliphatic rings. The SMILES string of the molecule is CCCCCc1c(CCO)nnn1Cc1ccc(OCC)c(C2=NN3C(CCC)=NC(C)C3C(=O)N2)c1. The van der Waals surface area contributed by atoms with Crippen molar-refractivity contribution in [2.75, 3.05) is 13.2 Å². The van der Waals surface area contributed by atoms with E-state index in [-0.39, 0.29) is 18.6 Å². The van der Waals surface area contributed by atoms with Gasteiger partial charge in [0.1, 0.15) is 11.6 Å². The molecule has 4 rings (SSSR count). The summed E-state index contributed by atoms with van der Waals surface area (Å²) < 4.78 is 7.84. The summed E-state index contributed by atoms with van der Waals surface area (Å²) >= 11 is 0. The highest BCUT2D eigenvalue weighted by molar-refractivity contribution is 6.13. The fourth-order valence-electron chi connectivity index (χ4n) is 4.95. The van der Waals surface area contributed by atoms with Crippen molar-refractivity contribution < 1.29 is 14.6 Å². The van der Waals surface area contributed by atoms with Crippen molar-refractivity contribution in [3.05, 3.63) is 40.7 Å². The average molecular weight is 510 g/mol. The molecule has 1 aromatic carbocycles. The molecule has 10 nitrogen and oxygen atoms in total. The minimum atomic E-state index is -0.421. The quantitative estimate of drug-likeness (QED) is 0.401. The van der Waals surface area contributed by atoms with Gasteiger partial charge in [0.05, 0.1) is 36.1 Å². The average Bonchev–Trinajstić information content (AvgIpc) is 3.41. The number of amidine groups is 2. The molecule has 0 spiro atoms. The minimum Gasteiger partial charge on any atom is -0.493 e. The lowest BCUT2D eigenvalue weighted by Crippen LogP contribution is -2.54. The number of rotatable bonds is 13. The van der Waals surface area contributed by atoms with Gasteiger partial charge in [-0.2, -0.15) is 5.10 Å². The van der Waals surface area contributed by atoms with Gasteiger partial charge in [0, 0.05) is 19.4 Å². The molecule has 0 radical (unpaired) electrons. The van der Waals surface area contributed by atoms with E-state index in [1.165, 1.54) is 0 Å². The molecular weight excluding hydrogens is 470 g/mol. The van der Waals surface area contributed by atoms with Crippen molar-refractivity contribution in [1.29, 1.82) is 0 Å². The van der Waals surface area contributed by atoms with E-state index in [0.717, 1.165) is 66.9 Å². The fourth-order valence-corrected chi connectivity index (χ4v) is 4.95. The smallest absolute Gasteiger partial charge is 0.252 e. The van der Waals surface area contributed by atoms with Crippen LogP contribution in [0.3, 0.4) is 0 Å². The number of hydrogen-bond donors (Lipinski definition) is 2. The van der Waals surface area contributed by atoms with Crippen molar-refractivity contribution >= 4 is 17.6 Å². The van der Waals surface area contributed by atoms with Gasteiger partial charge in [-0.15, -0.1) is 5.10 Å². The molecule has 1 aromatic heterocycles. The predicted octanol–water partition coefficient (Wildman–Crippen LogP) is 3.06. The zero-order chi connectivity index (χ0) is 26.4. The van der Waals surface area contributed by atoms with Crippen LogP contribution < -0.4 is 10.1 Å². The summed E-state index contributed by atoms with van der Waals surface area (Å²) in [5.41, 5.74) is 3.64. The zero-order valence-corrected chi connectivity index (χ0v) is 22.4. The third-order valence-electron chi connectivity index (χ3n) is 6.74. The molecule has 0 saturated carbocycles. The van der Waals surface area contributed by atoms with Crippen LogP contribution in [0.5, 0.6) is 5.75 Å². The van der Waals surface area contributed by atoms with Crippen molar-refractivity contribution in [2.24, 2.45) is 10.1 Å². The monoisotopic (exact) mass is 509 g/mol. The summed E-state index contributed by atoms with van der Waals surface area (Å²) in [6.07, 6.45) is 6.39. The van der Waals surface area contributed by atoms with Crippen LogP contribution in [-0.4, -0.2) is 68.0 Å². The van der Waals surface area contributed by atoms with Gasteiger partial charge in [0.25, 0.3) is 5.91 Å². The summed E-state index contributed by atoms with van der Waals surface area (Å²) in [6, 6.07) is 5.37. The Balaban J connectivity index is 1.67. The van der Waals surface area contributed by atoms with E-state index in [4.69, 9.17) is 14.8 Å². The predicted molar refractivity (Wildman–Crippen MR) is 143 cm³/mol. The molecule has 10 heteroatoms. The van der Waals surface area contributed by atoms with Gasteiger partial charge >= 0.3 is 0 Å². The number of aliphatic imine (C=N–C) groups is 1. The fraction of sp³-hybridized carbons (Fsp3) is 0.593. The van der Waals surface area contributed by atoms with E-state index in [2.05, 4.69) is 29.5 Å². The van der Waals surface area contributed by atoms with Gasteiger partial charge in [-0.1, -0.05) is 38.0 Å². The number of aliphatic hydroxyl groups excluding tert-OH is 1. The summed E-state index contributed by atoms with van der Waals surface area (Å²) in [5, 5.41) is 27.9. The Kier molecular flexibility index (Phi) is 8.91. The van der Waals surface area contributed by atoms with Crippen LogP contribution >= 0.6 is 0 Å². The summed E-state index contributed by atoms with van der Waals surface area (Å²) in [6.45, 7) is 9.23. The molecule has 0 saturated heterocycles. The Hall–Kier alpha value is -3.27. The molecule has 2 unspecified atom stereocenters. The summed E-state index contributed by atoms with van der Waals surface area (Å²) in [4.78, 5) is 17.8. The Morgan fingerprint density at radius 2 is 1.95 bits per heavy atom. The van der Waals surface area contributed by atoms with Gasteiger partial charge in [-0.25, -0.2) is 9.69 Å². The third-order valence-corrected chi connectivity index (χ3v) is 6.74. The molecule has 0 fully saturated rings. The number of nitrogens with one attached hydrogen (secondary N) is 1. The van der Waals surface area contributed by atoms with Crippen LogP contribution in [0.4, 0.5) is 0 Å². The molecule has 37 heavy (non-hydrogen) atoms. The standard InChI is InChI=1S/C27H39N7O3/c1-5-8-9-11-22-21(14-15-35)30-32-33(22)17-19-12-13-23(37-7-3)20(16-19)26-29-27(36)25-18(4)28-24(10-6-2)34(25)31-26/h12-13,16,18,25,35H,5-11,14-15,17H2,1-4H3,(H,29,31,36). The van der Waals surface area contributed by atoms with Gasteiger partial charge in [-0.05, 0) is 50.8 Å². The van der Waals surface area contributed by atoms with Gasteiger partial charge < -0.3 is 15.2 Å². The topological polar surface area (TPSA) is 117 Å². The second kappa shape index (κ2) is 12.3. The maximum Gasteiger partial charge on any atom is 0.252 e. The lowest BCUT2D eigenvalue weighted by molar-refractivity contribution is -0.124. The number of amides is 1. The number of hydrogen-bond acceptors (Lipinski definition) is 8. The summed E-state index contributed by atoms with van der Waals surface area (Å²) in [7, 11) is 0. The first-order valence-electron chi connectivity index (χ1n) is 13.5. The van der Waals surface area contributed by atoms with Crippen LogP contribution in [0.1, 0.15) is 82.3 Å². The molecule has 0 aliphatic carbocycles. The largest absolute Gasteiger partial charge is 0.493 e. The highest BCUT2D eigenvalue weighted by Crippen LogP contribution is 2.28. The third kappa shape index (κ3) is 5.84. The van der Waals surface area contributed by atoms with E-state index >= 15 is 0 Å². The lowest BCUT2D eigenvalue weighted by Gasteiger charge is -2.30. The zero-order valence-electron chi connectivity index (χ0n) is 22.4. The molecule has 2 aromatic rings. The van der Waals surface area contributed by atoms with Gasteiger partial charge in [-0.3, -0.25) is 9.79 Å². The van der Waals surface area contributed by atoms with E-state index < -0.39 is 6.04 Å². The number of aromatic nitrogens is 3. The van der Waals surface area contributed by atoms with E-state index in [1.54, 1.807) is 5.01 Å². The molecule has 2 aliphatic heterocycles. The Morgan fingerprint density at radius 3 is 2.68 bits per heavy atom. The lowest BCUT2D eigenvalue weighted by atomic mass is 10.1. The number of carbonyl (C=O) groups is 1. The van der Waals surface area contributed by atoms with Gasteiger partial charge in [0.15, 0.2) is 11.9 Å². The number of carbonyl (C=O) groups excluding carboxylic acids is 1. The minimum absolute atomic E-state index is 0.0473. The van der Waals surface area contributed by atoms with Crippen LogP contribution in [0, 0.1) is 0 Å².